The maximum Gasteiger partial charge on any atom is 0.116 e. The fraction of sp³-hybridized carbons (Fsp3) is 0.0952. The van der Waals surface area contributed by atoms with Crippen molar-refractivity contribution < 1.29 is 0 Å². The molecule has 4 heterocycles. The van der Waals surface area contributed by atoms with Gasteiger partial charge in [0.15, 0.2) is 0 Å². The monoisotopic (exact) mass is 748 g/mol. The van der Waals surface area contributed by atoms with Crippen LogP contribution >= 0.6 is 34.4 Å². The second kappa shape index (κ2) is 13.4. The molecule has 10 heteroatoms. The Morgan fingerprint density at radius 2 is 0.731 bits per heavy atom. The molecule has 0 saturated heterocycles. The van der Waals surface area contributed by atoms with Gasteiger partial charge in [-0.3, -0.25) is 0 Å². The van der Waals surface area contributed by atoms with Crippen molar-refractivity contribution in [3.8, 4) is 20.9 Å². The number of fused-ring (bicyclic) bond motifs is 2. The SMILES string of the molecule is Cc1ccc(N(c2ccc(C)cc2)c2ccc(-c3c4c(c(-c5ccc(N(c6ccc(C)cc6)c6ccc(C)cc6)s5)c5nsnc35)N=S=N4)s2)cc1. The molecular weight excluding hydrogens is 717 g/mol. The number of hydrogen-bond donors (Lipinski definition) is 0. The van der Waals surface area contributed by atoms with Gasteiger partial charge in [0.25, 0.3) is 0 Å². The highest BCUT2D eigenvalue weighted by Crippen LogP contribution is 2.56. The number of thiophene rings is 2. The highest BCUT2D eigenvalue weighted by Gasteiger charge is 2.29. The van der Waals surface area contributed by atoms with E-state index in [-0.39, 0.29) is 0 Å². The molecule has 0 spiro atoms. The molecular formula is C42H32N6S4. The van der Waals surface area contributed by atoms with E-state index in [9.17, 15) is 0 Å². The Labute approximate surface area is 318 Å². The van der Waals surface area contributed by atoms with Gasteiger partial charge in [0.05, 0.1) is 23.1 Å². The van der Waals surface area contributed by atoms with Gasteiger partial charge in [-0.05, 0) is 100 Å². The van der Waals surface area contributed by atoms with Gasteiger partial charge in [0, 0.05) is 43.6 Å². The molecule has 5 aromatic carbocycles. The van der Waals surface area contributed by atoms with Crippen LogP contribution < -0.4 is 9.80 Å². The van der Waals surface area contributed by atoms with Crippen LogP contribution in [0.2, 0.25) is 0 Å². The van der Waals surface area contributed by atoms with Gasteiger partial charge in [-0.2, -0.15) is 17.5 Å². The van der Waals surface area contributed by atoms with Crippen molar-refractivity contribution in [3.05, 3.63) is 144 Å². The fourth-order valence-electron chi connectivity index (χ4n) is 6.47. The summed E-state index contributed by atoms with van der Waals surface area (Å²) in [6, 6.07) is 43.5. The van der Waals surface area contributed by atoms with Crippen molar-refractivity contribution >= 4 is 101 Å². The topological polar surface area (TPSA) is 57.0 Å². The molecule has 0 N–H and O–H groups in total. The first kappa shape index (κ1) is 32.6. The molecule has 9 rings (SSSR count). The predicted molar refractivity (Wildman–Crippen MR) is 224 cm³/mol. The van der Waals surface area contributed by atoms with E-state index in [1.807, 2.05) is 0 Å². The van der Waals surface area contributed by atoms with E-state index in [2.05, 4.69) is 159 Å². The molecule has 8 aromatic rings. The Kier molecular flexibility index (Phi) is 8.39. The number of hydrogen-bond acceptors (Lipinski definition) is 9. The largest absolute Gasteiger partial charge is 0.302 e. The number of rotatable bonds is 8. The predicted octanol–water partition coefficient (Wildman–Crippen LogP) is 14.0. The molecule has 0 atom stereocenters. The lowest BCUT2D eigenvalue weighted by molar-refractivity contribution is 1.29. The summed E-state index contributed by atoms with van der Waals surface area (Å²) < 4.78 is 19.6. The van der Waals surface area contributed by atoms with Crippen molar-refractivity contribution in [2.45, 2.75) is 27.7 Å². The van der Waals surface area contributed by atoms with Crippen LogP contribution in [-0.4, -0.2) is 8.75 Å². The molecule has 0 bridgehead atoms. The first-order chi connectivity index (χ1) is 25.4. The van der Waals surface area contributed by atoms with Crippen LogP contribution in [0.4, 0.5) is 44.1 Å². The minimum absolute atomic E-state index is 0.856. The van der Waals surface area contributed by atoms with Crippen LogP contribution in [0.5, 0.6) is 0 Å². The summed E-state index contributed by atoms with van der Waals surface area (Å²) in [6.07, 6.45) is 0. The lowest BCUT2D eigenvalue weighted by atomic mass is 10.0. The molecule has 3 aromatic heterocycles. The molecule has 6 nitrogen and oxygen atoms in total. The Morgan fingerprint density at radius 3 is 1.06 bits per heavy atom. The van der Waals surface area contributed by atoms with Gasteiger partial charge < -0.3 is 9.80 Å². The third kappa shape index (κ3) is 5.87. The van der Waals surface area contributed by atoms with Crippen molar-refractivity contribution in [2.75, 3.05) is 9.80 Å². The van der Waals surface area contributed by atoms with Crippen LogP contribution in [-0.2, 0) is 11.4 Å². The molecule has 52 heavy (non-hydrogen) atoms. The molecule has 0 fully saturated rings. The summed E-state index contributed by atoms with van der Waals surface area (Å²) in [5.41, 5.74) is 14.7. The first-order valence-corrected chi connectivity index (χ1v) is 20.0. The number of anilines is 6. The lowest BCUT2D eigenvalue weighted by Gasteiger charge is -2.24. The van der Waals surface area contributed by atoms with E-state index in [0.717, 1.165) is 76.0 Å². The van der Waals surface area contributed by atoms with Crippen LogP contribution in [0.25, 0.3) is 31.9 Å². The number of benzene rings is 5. The summed E-state index contributed by atoms with van der Waals surface area (Å²) in [6.45, 7) is 8.48. The second-order valence-electron chi connectivity index (χ2n) is 13.0. The first-order valence-electron chi connectivity index (χ1n) is 16.9. The van der Waals surface area contributed by atoms with E-state index in [1.165, 1.54) is 45.3 Å². The van der Waals surface area contributed by atoms with Crippen LogP contribution in [0.1, 0.15) is 22.3 Å². The van der Waals surface area contributed by atoms with Crippen LogP contribution in [0.3, 0.4) is 0 Å². The van der Waals surface area contributed by atoms with Crippen molar-refractivity contribution in [1.29, 1.82) is 0 Å². The molecule has 0 amide bonds. The highest BCUT2D eigenvalue weighted by atomic mass is 32.1. The summed E-state index contributed by atoms with van der Waals surface area (Å²) in [5.74, 6) is 0. The van der Waals surface area contributed by atoms with E-state index in [1.54, 1.807) is 22.7 Å². The summed E-state index contributed by atoms with van der Waals surface area (Å²) in [7, 11) is 0. The molecule has 0 radical (unpaired) electrons. The lowest BCUT2D eigenvalue weighted by Crippen LogP contribution is -2.08. The Morgan fingerprint density at radius 1 is 0.404 bits per heavy atom. The number of aryl methyl sites for hydroxylation is 4. The molecule has 0 aliphatic carbocycles. The Balaban J connectivity index is 1.15. The molecule has 1 aliphatic heterocycles. The van der Waals surface area contributed by atoms with Crippen molar-refractivity contribution in [2.24, 2.45) is 8.73 Å². The second-order valence-corrected chi connectivity index (χ2v) is 16.1. The average Bonchev–Trinajstić information content (AvgIpc) is 3.99. The Bertz CT molecular complexity index is 2380. The van der Waals surface area contributed by atoms with E-state index < -0.39 is 0 Å². The Hall–Kier alpha value is -5.26. The summed E-state index contributed by atoms with van der Waals surface area (Å²) in [5, 5.41) is 2.21. The molecule has 1 aliphatic rings. The zero-order chi connectivity index (χ0) is 35.3. The van der Waals surface area contributed by atoms with E-state index >= 15 is 0 Å². The van der Waals surface area contributed by atoms with Crippen LogP contribution in [0, 0.1) is 27.7 Å². The third-order valence-corrected chi connectivity index (χ3v) is 12.4. The zero-order valence-electron chi connectivity index (χ0n) is 28.9. The van der Waals surface area contributed by atoms with E-state index in [0.29, 0.717) is 0 Å². The van der Waals surface area contributed by atoms with Crippen LogP contribution in [0.15, 0.2) is 130 Å². The van der Waals surface area contributed by atoms with Gasteiger partial charge in [0.1, 0.15) is 32.4 Å². The standard InChI is InChI=1S/C42H32N6S4/c1-25-5-13-29(14-6-25)47(30-15-7-26(2)8-16-30)35-23-21-33(49-35)37-39-41(45-51-43-39)38(42-40(37)44-52-46-42)34-22-24-36(50-34)48(31-17-9-27(3)10-18-31)32-19-11-28(4)12-20-32/h5-24H,1-4H3. The fourth-order valence-corrected chi connectivity index (χ4v) is 9.78. The van der Waals surface area contributed by atoms with E-state index in [4.69, 9.17) is 17.5 Å². The average molecular weight is 749 g/mol. The zero-order valence-corrected chi connectivity index (χ0v) is 32.1. The summed E-state index contributed by atoms with van der Waals surface area (Å²) in [4.78, 5) is 6.79. The van der Waals surface area contributed by atoms with Gasteiger partial charge in [-0.25, -0.2) is 0 Å². The smallest absolute Gasteiger partial charge is 0.116 e. The maximum atomic E-state index is 4.91. The quantitative estimate of drug-likeness (QED) is 0.155. The van der Waals surface area contributed by atoms with Crippen molar-refractivity contribution in [3.63, 3.8) is 0 Å². The highest BCUT2D eigenvalue weighted by molar-refractivity contribution is 7.58. The molecule has 0 unspecified atom stereocenters. The van der Waals surface area contributed by atoms with Gasteiger partial charge >= 0.3 is 0 Å². The normalized spacial score (nSPS) is 11.9. The third-order valence-electron chi connectivity index (χ3n) is 9.21. The minimum atomic E-state index is 0.856. The van der Waals surface area contributed by atoms with Gasteiger partial charge in [0.2, 0.25) is 0 Å². The maximum absolute atomic E-state index is 4.91. The molecule has 0 saturated carbocycles. The molecule has 254 valence electrons. The minimum Gasteiger partial charge on any atom is -0.302 e. The summed E-state index contributed by atoms with van der Waals surface area (Å²) >= 11 is 5.94. The number of aromatic nitrogens is 2. The van der Waals surface area contributed by atoms with Gasteiger partial charge in [-0.15, -0.1) is 22.7 Å². The van der Waals surface area contributed by atoms with Gasteiger partial charge in [-0.1, -0.05) is 70.8 Å². The number of nitrogens with zero attached hydrogens (tertiary/aromatic N) is 6. The van der Waals surface area contributed by atoms with Crippen molar-refractivity contribution in [1.82, 2.24) is 8.75 Å².